The summed E-state index contributed by atoms with van der Waals surface area (Å²) >= 11 is 1.91. The van der Waals surface area contributed by atoms with Crippen LogP contribution >= 0.6 is 22.6 Å². The lowest BCUT2D eigenvalue weighted by Crippen LogP contribution is -2.66. The predicted molar refractivity (Wildman–Crippen MR) is 125 cm³/mol. The van der Waals surface area contributed by atoms with Crippen molar-refractivity contribution in [2.24, 2.45) is 0 Å². The highest BCUT2D eigenvalue weighted by Crippen LogP contribution is 2.32. The van der Waals surface area contributed by atoms with Crippen LogP contribution in [0.3, 0.4) is 0 Å². The molecule has 1 fully saturated rings. The van der Waals surface area contributed by atoms with Gasteiger partial charge in [0.05, 0.1) is 30.0 Å². The van der Waals surface area contributed by atoms with Crippen molar-refractivity contribution in [3.05, 3.63) is 87.0 Å². The Morgan fingerprint density at radius 1 is 1.03 bits per heavy atom. The second kappa shape index (κ2) is 9.18. The number of amides is 1. The first-order valence-electron chi connectivity index (χ1n) is 9.86. The summed E-state index contributed by atoms with van der Waals surface area (Å²) in [4.78, 5) is 14.2. The molecular weight excluding hydrogens is 553 g/mol. The van der Waals surface area contributed by atoms with E-state index in [2.05, 4.69) is 10.6 Å². The molecule has 0 spiro atoms. The van der Waals surface area contributed by atoms with Crippen molar-refractivity contribution < 1.29 is 27.5 Å². The highest BCUT2D eigenvalue weighted by molar-refractivity contribution is 14.1. The molecule has 1 heterocycles. The zero-order valence-electron chi connectivity index (χ0n) is 17.0. The van der Waals surface area contributed by atoms with Crippen LogP contribution in [-0.2, 0) is 0 Å². The molecule has 0 saturated carbocycles. The molecule has 1 aliphatic heterocycles. The largest absolute Gasteiger partial charge is 0.384 e. The summed E-state index contributed by atoms with van der Waals surface area (Å²) in [7, 11) is 0. The van der Waals surface area contributed by atoms with Crippen LogP contribution in [0.25, 0.3) is 0 Å². The van der Waals surface area contributed by atoms with Crippen LogP contribution in [0.2, 0.25) is 0 Å². The van der Waals surface area contributed by atoms with Crippen molar-refractivity contribution in [1.82, 2.24) is 4.90 Å². The Kier molecular flexibility index (Phi) is 6.48. The second-order valence-corrected chi connectivity index (χ2v) is 9.03. The minimum atomic E-state index is -1.32. The van der Waals surface area contributed by atoms with E-state index in [1.807, 2.05) is 22.6 Å². The number of anilines is 3. The maximum atomic E-state index is 14.6. The second-order valence-electron chi connectivity index (χ2n) is 7.78. The minimum absolute atomic E-state index is 0.0526. The SMILES string of the molecule is O=C(c1ccc(F)c(F)c1Nc1ccc(I)cc1F)N1CC(O)(CNc2cccc(F)c2)C1. The van der Waals surface area contributed by atoms with Gasteiger partial charge in [-0.3, -0.25) is 4.79 Å². The number of likely N-dealkylation sites (tertiary alicyclic amines) is 1. The van der Waals surface area contributed by atoms with Crippen LogP contribution in [0.15, 0.2) is 54.6 Å². The van der Waals surface area contributed by atoms with Gasteiger partial charge in [0.2, 0.25) is 0 Å². The van der Waals surface area contributed by atoms with Gasteiger partial charge < -0.3 is 20.6 Å². The average Bonchev–Trinajstić information content (AvgIpc) is 2.75. The molecule has 0 unspecified atom stereocenters. The summed E-state index contributed by atoms with van der Waals surface area (Å²) in [6, 6.07) is 11.8. The summed E-state index contributed by atoms with van der Waals surface area (Å²) in [6.45, 7) is -0.105. The Hall–Kier alpha value is -2.86. The summed E-state index contributed by atoms with van der Waals surface area (Å²) < 4.78 is 56.6. The molecule has 3 aromatic rings. The minimum Gasteiger partial charge on any atom is -0.384 e. The quantitative estimate of drug-likeness (QED) is 0.292. The molecule has 1 saturated heterocycles. The number of β-amino-alcohol motifs (C(OH)–C–C–N with tert-alkyl or cyclic N) is 1. The van der Waals surface area contributed by atoms with Crippen molar-refractivity contribution >= 4 is 45.6 Å². The first-order chi connectivity index (χ1) is 15.6. The third-order valence-electron chi connectivity index (χ3n) is 5.22. The Balaban J connectivity index is 1.49. The van der Waals surface area contributed by atoms with E-state index in [0.29, 0.717) is 9.26 Å². The third-order valence-corrected chi connectivity index (χ3v) is 5.89. The van der Waals surface area contributed by atoms with E-state index in [-0.39, 0.29) is 30.9 Å². The number of nitrogens with zero attached hydrogens (tertiary/aromatic N) is 1. The number of hydrogen-bond donors (Lipinski definition) is 3. The van der Waals surface area contributed by atoms with Crippen molar-refractivity contribution in [3.63, 3.8) is 0 Å². The van der Waals surface area contributed by atoms with Gasteiger partial charge in [0, 0.05) is 15.8 Å². The van der Waals surface area contributed by atoms with Gasteiger partial charge in [-0.1, -0.05) is 6.07 Å². The molecule has 1 amide bonds. The Morgan fingerprint density at radius 3 is 2.48 bits per heavy atom. The number of hydrogen-bond acceptors (Lipinski definition) is 4. The maximum absolute atomic E-state index is 14.6. The number of carbonyl (C=O) groups excluding carboxylic acids is 1. The van der Waals surface area contributed by atoms with Gasteiger partial charge in [-0.15, -0.1) is 0 Å². The van der Waals surface area contributed by atoms with Crippen LogP contribution in [0, 0.1) is 26.8 Å². The molecule has 5 nitrogen and oxygen atoms in total. The van der Waals surface area contributed by atoms with Crippen LogP contribution in [-0.4, -0.2) is 41.1 Å². The highest BCUT2D eigenvalue weighted by atomic mass is 127. The molecule has 3 N–H and O–H groups in total. The topological polar surface area (TPSA) is 64.6 Å². The summed E-state index contributed by atoms with van der Waals surface area (Å²) in [5, 5.41) is 16.0. The molecule has 4 rings (SSSR count). The molecule has 0 aliphatic carbocycles. The number of aliphatic hydroxyl groups is 1. The first-order valence-corrected chi connectivity index (χ1v) is 10.9. The van der Waals surface area contributed by atoms with Crippen LogP contribution in [0.1, 0.15) is 10.4 Å². The van der Waals surface area contributed by atoms with E-state index < -0.39 is 40.5 Å². The standard InChI is InChI=1S/C23H18F4IN3O2/c24-13-2-1-3-15(8-13)29-10-23(33)11-31(12-23)22(32)16-5-6-17(25)20(27)21(16)30-19-7-4-14(28)9-18(19)26/h1-9,29-30,33H,10-12H2. The summed E-state index contributed by atoms with van der Waals surface area (Å²) in [6.07, 6.45) is 0. The fraction of sp³-hybridized carbons (Fsp3) is 0.174. The van der Waals surface area contributed by atoms with E-state index in [1.165, 1.54) is 35.2 Å². The molecule has 0 aromatic heterocycles. The fourth-order valence-electron chi connectivity index (χ4n) is 3.53. The summed E-state index contributed by atoms with van der Waals surface area (Å²) in [5.41, 5.74) is -1.62. The van der Waals surface area contributed by atoms with Gasteiger partial charge in [-0.25, -0.2) is 17.6 Å². The normalized spacial score (nSPS) is 14.5. The molecule has 10 heteroatoms. The molecule has 33 heavy (non-hydrogen) atoms. The number of carbonyl (C=O) groups is 1. The third kappa shape index (κ3) is 5.06. The molecule has 3 aromatic carbocycles. The van der Waals surface area contributed by atoms with E-state index in [4.69, 9.17) is 0 Å². The van der Waals surface area contributed by atoms with Crippen LogP contribution in [0.4, 0.5) is 34.6 Å². The lowest BCUT2D eigenvalue weighted by molar-refractivity contribution is -0.0706. The lowest BCUT2D eigenvalue weighted by atomic mass is 9.92. The number of benzene rings is 3. The highest BCUT2D eigenvalue weighted by Gasteiger charge is 2.44. The number of nitrogens with one attached hydrogen (secondary N) is 2. The maximum Gasteiger partial charge on any atom is 0.256 e. The lowest BCUT2D eigenvalue weighted by Gasteiger charge is -2.46. The monoisotopic (exact) mass is 571 g/mol. The van der Waals surface area contributed by atoms with E-state index in [0.717, 1.165) is 12.1 Å². The molecule has 1 aliphatic rings. The van der Waals surface area contributed by atoms with Crippen molar-refractivity contribution in [1.29, 1.82) is 0 Å². The molecule has 0 bridgehead atoms. The van der Waals surface area contributed by atoms with E-state index in [1.54, 1.807) is 12.1 Å². The van der Waals surface area contributed by atoms with Gasteiger partial charge in [0.1, 0.15) is 17.2 Å². The fourth-order valence-corrected chi connectivity index (χ4v) is 3.98. The zero-order chi connectivity index (χ0) is 23.8. The van der Waals surface area contributed by atoms with E-state index in [9.17, 15) is 27.5 Å². The van der Waals surface area contributed by atoms with Crippen LogP contribution < -0.4 is 10.6 Å². The van der Waals surface area contributed by atoms with Crippen molar-refractivity contribution in [2.75, 3.05) is 30.3 Å². The predicted octanol–water partition coefficient (Wildman–Crippen LogP) is 4.89. The number of rotatable bonds is 6. The van der Waals surface area contributed by atoms with Gasteiger partial charge in [0.15, 0.2) is 11.6 Å². The van der Waals surface area contributed by atoms with Gasteiger partial charge in [-0.05, 0) is 71.1 Å². The molecule has 0 atom stereocenters. The Bertz CT molecular complexity index is 1220. The number of halogens is 5. The zero-order valence-corrected chi connectivity index (χ0v) is 19.2. The average molecular weight is 571 g/mol. The van der Waals surface area contributed by atoms with Gasteiger partial charge in [-0.2, -0.15) is 0 Å². The van der Waals surface area contributed by atoms with Crippen molar-refractivity contribution in [3.8, 4) is 0 Å². The van der Waals surface area contributed by atoms with Gasteiger partial charge in [0.25, 0.3) is 5.91 Å². The molecular formula is C23H18F4IN3O2. The Labute approximate surface area is 200 Å². The Morgan fingerprint density at radius 2 is 1.79 bits per heavy atom. The first kappa shape index (κ1) is 23.3. The van der Waals surface area contributed by atoms with Crippen LogP contribution in [0.5, 0.6) is 0 Å². The van der Waals surface area contributed by atoms with E-state index >= 15 is 0 Å². The smallest absolute Gasteiger partial charge is 0.256 e. The summed E-state index contributed by atoms with van der Waals surface area (Å²) in [5.74, 6) is -4.29. The van der Waals surface area contributed by atoms with Gasteiger partial charge >= 0.3 is 0 Å². The van der Waals surface area contributed by atoms with Crippen molar-refractivity contribution in [2.45, 2.75) is 5.60 Å². The molecule has 0 radical (unpaired) electrons. The molecule has 172 valence electrons.